The zero-order chi connectivity index (χ0) is 18.2. The van der Waals surface area contributed by atoms with Crippen molar-refractivity contribution in [2.45, 2.75) is 31.3 Å². The molecule has 0 spiro atoms. The average molecular weight is 372 g/mol. The molecule has 0 amide bonds. The molecular formula is C17H24N8O2. The molecule has 3 N–H and O–H groups in total. The van der Waals surface area contributed by atoms with Crippen LogP contribution in [0.1, 0.15) is 30.9 Å². The summed E-state index contributed by atoms with van der Waals surface area (Å²) in [7, 11) is 0. The van der Waals surface area contributed by atoms with E-state index in [4.69, 9.17) is 4.74 Å². The lowest BCUT2D eigenvalue weighted by molar-refractivity contribution is 0.122. The van der Waals surface area contributed by atoms with Crippen molar-refractivity contribution in [3.63, 3.8) is 0 Å². The van der Waals surface area contributed by atoms with Gasteiger partial charge in [-0.3, -0.25) is 5.10 Å². The minimum absolute atomic E-state index is 0.336. The van der Waals surface area contributed by atoms with Gasteiger partial charge < -0.3 is 25.0 Å². The SMILES string of the molecule is O[C@H]1CCN(c2nc(Nc3cc(C4CC4)[nH]n3)nc(N3CCOCC3)n2)C1. The molecule has 2 aromatic heterocycles. The predicted molar refractivity (Wildman–Crippen MR) is 99.5 cm³/mol. The number of aromatic nitrogens is 5. The highest BCUT2D eigenvalue weighted by atomic mass is 16.5. The van der Waals surface area contributed by atoms with Crippen LogP contribution < -0.4 is 15.1 Å². The summed E-state index contributed by atoms with van der Waals surface area (Å²) in [6, 6.07) is 2.02. The van der Waals surface area contributed by atoms with Gasteiger partial charge in [-0.2, -0.15) is 20.1 Å². The van der Waals surface area contributed by atoms with E-state index in [-0.39, 0.29) is 6.10 Å². The number of anilines is 4. The first kappa shape index (κ1) is 16.7. The number of ether oxygens (including phenoxy) is 1. The molecular weight excluding hydrogens is 348 g/mol. The van der Waals surface area contributed by atoms with Crippen molar-refractivity contribution in [1.29, 1.82) is 0 Å². The number of H-pyrrole nitrogens is 1. The number of morpholine rings is 1. The first-order valence-electron chi connectivity index (χ1n) is 9.59. The van der Waals surface area contributed by atoms with Gasteiger partial charge in [0.1, 0.15) is 0 Å². The lowest BCUT2D eigenvalue weighted by Crippen LogP contribution is -2.38. The molecule has 0 radical (unpaired) electrons. The van der Waals surface area contributed by atoms with Crippen LogP contribution in [0, 0.1) is 0 Å². The number of nitrogens with zero attached hydrogens (tertiary/aromatic N) is 6. The molecule has 1 saturated carbocycles. The van der Waals surface area contributed by atoms with Gasteiger partial charge in [-0.05, 0) is 19.3 Å². The van der Waals surface area contributed by atoms with Crippen LogP contribution in [0.4, 0.5) is 23.7 Å². The summed E-state index contributed by atoms with van der Waals surface area (Å²) in [5.74, 6) is 3.01. The number of β-amino-alcohol motifs (C(OH)–C–C–N with tert-alkyl or cyclic N) is 1. The summed E-state index contributed by atoms with van der Waals surface area (Å²) < 4.78 is 5.44. The van der Waals surface area contributed by atoms with E-state index >= 15 is 0 Å². The maximum Gasteiger partial charge on any atom is 0.235 e. The fourth-order valence-electron chi connectivity index (χ4n) is 3.50. The van der Waals surface area contributed by atoms with Crippen LogP contribution in [0.15, 0.2) is 6.07 Å². The first-order chi connectivity index (χ1) is 13.2. The maximum atomic E-state index is 9.87. The van der Waals surface area contributed by atoms with E-state index in [0.717, 1.165) is 31.7 Å². The fourth-order valence-corrected chi connectivity index (χ4v) is 3.50. The van der Waals surface area contributed by atoms with Gasteiger partial charge in [0.05, 0.1) is 19.3 Å². The average Bonchev–Trinajstić information content (AvgIpc) is 3.29. The van der Waals surface area contributed by atoms with Crippen LogP contribution in [0.5, 0.6) is 0 Å². The maximum absolute atomic E-state index is 9.87. The molecule has 10 nitrogen and oxygen atoms in total. The summed E-state index contributed by atoms with van der Waals surface area (Å²) >= 11 is 0. The Balaban J connectivity index is 1.42. The van der Waals surface area contributed by atoms with Gasteiger partial charge in [0.25, 0.3) is 0 Å². The summed E-state index contributed by atoms with van der Waals surface area (Å²) in [4.78, 5) is 17.9. The highest BCUT2D eigenvalue weighted by molar-refractivity contribution is 5.53. The Hall–Kier alpha value is -2.46. The minimum atomic E-state index is -0.336. The van der Waals surface area contributed by atoms with Gasteiger partial charge in [-0.1, -0.05) is 0 Å². The smallest absolute Gasteiger partial charge is 0.235 e. The molecule has 1 atom stereocenters. The summed E-state index contributed by atoms with van der Waals surface area (Å²) in [6.07, 6.45) is 2.83. The minimum Gasteiger partial charge on any atom is -0.391 e. The van der Waals surface area contributed by atoms with Gasteiger partial charge in [-0.15, -0.1) is 0 Å². The van der Waals surface area contributed by atoms with Crippen molar-refractivity contribution in [3.8, 4) is 0 Å². The zero-order valence-electron chi connectivity index (χ0n) is 15.1. The van der Waals surface area contributed by atoms with Gasteiger partial charge >= 0.3 is 0 Å². The molecule has 2 aromatic rings. The van der Waals surface area contributed by atoms with Crippen molar-refractivity contribution in [2.75, 3.05) is 54.5 Å². The number of hydrogen-bond donors (Lipinski definition) is 3. The zero-order valence-corrected chi connectivity index (χ0v) is 15.1. The second kappa shape index (κ2) is 6.93. The van der Waals surface area contributed by atoms with Crippen LogP contribution >= 0.6 is 0 Å². The van der Waals surface area contributed by atoms with Crippen LogP contribution in [0.3, 0.4) is 0 Å². The van der Waals surface area contributed by atoms with Gasteiger partial charge in [0.15, 0.2) is 5.82 Å². The molecule has 3 fully saturated rings. The summed E-state index contributed by atoms with van der Waals surface area (Å²) in [6.45, 7) is 4.10. The molecule has 2 aliphatic heterocycles. The van der Waals surface area contributed by atoms with E-state index in [9.17, 15) is 5.11 Å². The molecule has 5 rings (SSSR count). The Bertz CT molecular complexity index is 779. The molecule has 2 saturated heterocycles. The molecule has 27 heavy (non-hydrogen) atoms. The number of aliphatic hydroxyl groups excluding tert-OH is 1. The number of nitrogens with one attached hydrogen (secondary N) is 2. The van der Waals surface area contributed by atoms with Crippen LogP contribution in [-0.2, 0) is 4.74 Å². The topological polar surface area (TPSA) is 115 Å². The Labute approximate surface area is 157 Å². The molecule has 10 heteroatoms. The Morgan fingerprint density at radius 2 is 1.81 bits per heavy atom. The highest BCUT2D eigenvalue weighted by Gasteiger charge is 2.27. The van der Waals surface area contributed by atoms with E-state index in [1.165, 1.54) is 12.8 Å². The third-order valence-electron chi connectivity index (χ3n) is 5.21. The number of aliphatic hydroxyl groups is 1. The molecule has 4 heterocycles. The molecule has 0 aromatic carbocycles. The van der Waals surface area contributed by atoms with E-state index < -0.39 is 0 Å². The predicted octanol–water partition coefficient (Wildman–Crippen LogP) is 0.623. The quantitative estimate of drug-likeness (QED) is 0.695. The lowest BCUT2D eigenvalue weighted by Gasteiger charge is -2.27. The Kier molecular flexibility index (Phi) is 4.29. The molecule has 0 unspecified atom stereocenters. The third kappa shape index (κ3) is 3.67. The van der Waals surface area contributed by atoms with E-state index in [2.05, 4.69) is 35.4 Å². The molecule has 1 aliphatic carbocycles. The Morgan fingerprint density at radius 3 is 2.52 bits per heavy atom. The van der Waals surface area contributed by atoms with E-state index in [1.54, 1.807) is 0 Å². The van der Waals surface area contributed by atoms with Crippen LogP contribution in [-0.4, -0.2) is 75.8 Å². The van der Waals surface area contributed by atoms with Gasteiger partial charge in [0.2, 0.25) is 17.8 Å². The van der Waals surface area contributed by atoms with E-state index in [0.29, 0.717) is 49.3 Å². The third-order valence-corrected chi connectivity index (χ3v) is 5.21. The first-order valence-corrected chi connectivity index (χ1v) is 9.59. The summed E-state index contributed by atoms with van der Waals surface area (Å²) in [5, 5.41) is 20.5. The second-order valence-electron chi connectivity index (χ2n) is 7.35. The van der Waals surface area contributed by atoms with Crippen molar-refractivity contribution in [3.05, 3.63) is 11.8 Å². The van der Waals surface area contributed by atoms with Gasteiger partial charge in [-0.25, -0.2) is 0 Å². The summed E-state index contributed by atoms with van der Waals surface area (Å²) in [5.41, 5.74) is 1.16. The number of aromatic amines is 1. The fraction of sp³-hybridized carbons (Fsp3) is 0.647. The van der Waals surface area contributed by atoms with Gasteiger partial charge in [0, 0.05) is 43.9 Å². The Morgan fingerprint density at radius 1 is 1.04 bits per heavy atom. The monoisotopic (exact) mass is 372 g/mol. The second-order valence-corrected chi connectivity index (χ2v) is 7.35. The van der Waals surface area contributed by atoms with Crippen LogP contribution in [0.25, 0.3) is 0 Å². The number of hydrogen-bond acceptors (Lipinski definition) is 9. The van der Waals surface area contributed by atoms with Crippen molar-refractivity contribution < 1.29 is 9.84 Å². The number of rotatable bonds is 5. The molecule has 144 valence electrons. The normalized spacial score (nSPS) is 23.1. The lowest BCUT2D eigenvalue weighted by atomic mass is 10.3. The van der Waals surface area contributed by atoms with Crippen LogP contribution in [0.2, 0.25) is 0 Å². The van der Waals surface area contributed by atoms with Crippen molar-refractivity contribution >= 4 is 23.7 Å². The van der Waals surface area contributed by atoms with Crippen molar-refractivity contribution in [2.24, 2.45) is 0 Å². The molecule has 0 bridgehead atoms. The standard InChI is InChI=1S/C17H24N8O2/c26-12-3-4-25(10-12)17-20-15(18-14-9-13(22-23-14)11-1-2-11)19-16(21-17)24-5-7-27-8-6-24/h9,11-12,26H,1-8,10H2,(H2,18,19,20,21,22,23)/t12-/m0/s1. The van der Waals surface area contributed by atoms with Crippen molar-refractivity contribution in [1.82, 2.24) is 25.1 Å². The molecule has 3 aliphatic rings. The van der Waals surface area contributed by atoms with E-state index in [1.807, 2.05) is 11.0 Å². The highest BCUT2D eigenvalue weighted by Crippen LogP contribution is 2.39. The largest absolute Gasteiger partial charge is 0.391 e.